The van der Waals surface area contributed by atoms with Gasteiger partial charge < -0.3 is 14.8 Å². The molecular formula is C19H20ClFN2O5S. The molecule has 1 N–H and O–H groups in total. The van der Waals surface area contributed by atoms with E-state index in [0.717, 1.165) is 28.3 Å². The number of nitrogens with zero attached hydrogens (tertiary/aromatic N) is 1. The summed E-state index contributed by atoms with van der Waals surface area (Å²) >= 11 is 5.75. The van der Waals surface area contributed by atoms with Crippen LogP contribution in [0.15, 0.2) is 36.4 Å². The Morgan fingerprint density at radius 1 is 1.21 bits per heavy atom. The van der Waals surface area contributed by atoms with Crippen molar-refractivity contribution in [2.45, 2.75) is 13.0 Å². The first-order valence-electron chi connectivity index (χ1n) is 8.77. The number of fused-ring (bicyclic) bond motifs is 1. The minimum Gasteiger partial charge on any atom is -0.486 e. The van der Waals surface area contributed by atoms with Crippen molar-refractivity contribution in [2.24, 2.45) is 0 Å². The van der Waals surface area contributed by atoms with Gasteiger partial charge in [-0.3, -0.25) is 9.10 Å². The molecule has 0 saturated carbocycles. The van der Waals surface area contributed by atoms with Crippen molar-refractivity contribution in [2.75, 3.05) is 30.3 Å². The minimum atomic E-state index is -3.80. The molecular weight excluding hydrogens is 423 g/mol. The van der Waals surface area contributed by atoms with E-state index in [1.807, 2.05) is 0 Å². The van der Waals surface area contributed by atoms with E-state index < -0.39 is 34.3 Å². The predicted octanol–water partition coefficient (Wildman–Crippen LogP) is 2.89. The van der Waals surface area contributed by atoms with Crippen LogP contribution >= 0.6 is 11.6 Å². The van der Waals surface area contributed by atoms with E-state index in [0.29, 0.717) is 24.7 Å². The van der Waals surface area contributed by atoms with Crippen molar-refractivity contribution >= 4 is 33.2 Å². The molecule has 0 aromatic heterocycles. The van der Waals surface area contributed by atoms with Gasteiger partial charge in [0, 0.05) is 0 Å². The van der Waals surface area contributed by atoms with Crippen molar-refractivity contribution < 1.29 is 27.1 Å². The van der Waals surface area contributed by atoms with Gasteiger partial charge in [-0.15, -0.1) is 0 Å². The lowest BCUT2D eigenvalue weighted by Crippen LogP contribution is -2.41. The average molecular weight is 443 g/mol. The normalized spacial score (nSPS) is 14.2. The minimum absolute atomic E-state index is 0.0982. The summed E-state index contributed by atoms with van der Waals surface area (Å²) in [5.74, 6) is 0.0161. The lowest BCUT2D eigenvalue weighted by molar-refractivity contribution is -0.120. The van der Waals surface area contributed by atoms with E-state index in [-0.39, 0.29) is 10.7 Å². The number of anilines is 1. The third-order valence-corrected chi connectivity index (χ3v) is 5.75. The Balaban J connectivity index is 1.74. The van der Waals surface area contributed by atoms with Crippen LogP contribution in [0.2, 0.25) is 5.02 Å². The first kappa shape index (κ1) is 21.2. The maximum atomic E-state index is 13.4. The van der Waals surface area contributed by atoms with Crippen LogP contribution in [0.4, 0.5) is 10.1 Å². The van der Waals surface area contributed by atoms with Gasteiger partial charge in [0.05, 0.1) is 23.0 Å². The zero-order chi connectivity index (χ0) is 21.2. The van der Waals surface area contributed by atoms with Gasteiger partial charge in [0.15, 0.2) is 11.5 Å². The second-order valence-corrected chi connectivity index (χ2v) is 8.87. The summed E-state index contributed by atoms with van der Waals surface area (Å²) in [5.41, 5.74) is 0.874. The van der Waals surface area contributed by atoms with E-state index in [4.69, 9.17) is 21.1 Å². The number of halogens is 2. The van der Waals surface area contributed by atoms with Crippen molar-refractivity contribution in [3.63, 3.8) is 0 Å². The number of benzene rings is 2. The number of hydrogen-bond acceptors (Lipinski definition) is 5. The fourth-order valence-electron chi connectivity index (χ4n) is 2.87. The van der Waals surface area contributed by atoms with Crippen LogP contribution in [0.3, 0.4) is 0 Å². The summed E-state index contributed by atoms with van der Waals surface area (Å²) in [7, 11) is -3.80. The second kappa shape index (κ2) is 8.46. The quantitative estimate of drug-likeness (QED) is 0.743. The van der Waals surface area contributed by atoms with Gasteiger partial charge in [0.25, 0.3) is 0 Å². The van der Waals surface area contributed by atoms with Crippen molar-refractivity contribution in [1.29, 1.82) is 0 Å². The van der Waals surface area contributed by atoms with E-state index in [1.165, 1.54) is 6.07 Å². The first-order chi connectivity index (χ1) is 13.6. The third-order valence-electron chi connectivity index (χ3n) is 4.32. The Morgan fingerprint density at radius 3 is 2.55 bits per heavy atom. The molecule has 0 fully saturated rings. The smallest absolute Gasteiger partial charge is 0.241 e. The molecule has 3 rings (SSSR count). The maximum Gasteiger partial charge on any atom is 0.241 e. The topological polar surface area (TPSA) is 84.9 Å². The lowest BCUT2D eigenvalue weighted by atomic mass is 10.1. The standard InChI is InChI=1S/C19H20ClFN2O5S/c1-12(13-3-6-17-18(9-13)28-8-7-27-17)22-19(24)11-23(29(2,25)26)14-4-5-16(21)15(20)10-14/h3-6,9-10,12H,7-8,11H2,1-2H3,(H,22,24)/t12-/m0/s1. The van der Waals surface area contributed by atoms with Crippen LogP contribution in [0, 0.1) is 5.82 Å². The molecule has 2 aromatic rings. The third kappa shape index (κ3) is 5.10. The Bertz CT molecular complexity index is 1030. The van der Waals surface area contributed by atoms with Crippen LogP contribution in [0.5, 0.6) is 11.5 Å². The summed E-state index contributed by atoms with van der Waals surface area (Å²) in [6.07, 6.45) is 0.960. The summed E-state index contributed by atoms with van der Waals surface area (Å²) in [5, 5.41) is 2.52. The molecule has 0 aliphatic carbocycles. The highest BCUT2D eigenvalue weighted by molar-refractivity contribution is 7.92. The largest absolute Gasteiger partial charge is 0.486 e. The fraction of sp³-hybridized carbons (Fsp3) is 0.316. The lowest BCUT2D eigenvalue weighted by Gasteiger charge is -2.24. The number of carbonyl (C=O) groups excluding carboxylic acids is 1. The molecule has 1 aliphatic rings. The Kier molecular flexibility index (Phi) is 6.18. The van der Waals surface area contributed by atoms with Gasteiger partial charge in [-0.25, -0.2) is 12.8 Å². The Labute approximate surface area is 173 Å². The molecule has 1 heterocycles. The van der Waals surface area contributed by atoms with Crippen LogP contribution in [0.25, 0.3) is 0 Å². The SMILES string of the molecule is C[C@H](NC(=O)CN(c1ccc(F)c(Cl)c1)S(C)(=O)=O)c1ccc2c(c1)OCCO2. The van der Waals surface area contributed by atoms with Gasteiger partial charge in [-0.2, -0.15) is 0 Å². The van der Waals surface area contributed by atoms with Crippen LogP contribution in [-0.2, 0) is 14.8 Å². The molecule has 0 spiro atoms. The Morgan fingerprint density at radius 2 is 1.90 bits per heavy atom. The molecule has 2 aromatic carbocycles. The highest BCUT2D eigenvalue weighted by Gasteiger charge is 2.23. The molecule has 156 valence electrons. The average Bonchev–Trinajstić information content (AvgIpc) is 2.67. The molecule has 7 nitrogen and oxygen atoms in total. The molecule has 0 unspecified atom stereocenters. The monoisotopic (exact) mass is 442 g/mol. The van der Waals surface area contributed by atoms with Crippen molar-refractivity contribution in [3.05, 3.63) is 52.8 Å². The summed E-state index contributed by atoms with van der Waals surface area (Å²) in [6.45, 7) is 2.21. The first-order valence-corrected chi connectivity index (χ1v) is 11.0. The van der Waals surface area contributed by atoms with Gasteiger partial charge in [0.2, 0.25) is 15.9 Å². The van der Waals surface area contributed by atoms with Gasteiger partial charge >= 0.3 is 0 Å². The molecule has 10 heteroatoms. The highest BCUT2D eigenvalue weighted by atomic mass is 35.5. The summed E-state index contributed by atoms with van der Waals surface area (Å²) in [6, 6.07) is 8.38. The molecule has 1 amide bonds. The zero-order valence-electron chi connectivity index (χ0n) is 15.8. The van der Waals surface area contributed by atoms with Gasteiger partial charge in [-0.05, 0) is 42.8 Å². The molecule has 29 heavy (non-hydrogen) atoms. The fourth-order valence-corrected chi connectivity index (χ4v) is 3.89. The van der Waals surface area contributed by atoms with Gasteiger partial charge in [0.1, 0.15) is 25.6 Å². The number of rotatable bonds is 6. The van der Waals surface area contributed by atoms with E-state index in [2.05, 4.69) is 5.32 Å². The maximum absolute atomic E-state index is 13.4. The number of sulfonamides is 1. The molecule has 0 saturated heterocycles. The van der Waals surface area contributed by atoms with Crippen LogP contribution in [-0.4, -0.2) is 40.3 Å². The highest BCUT2D eigenvalue weighted by Crippen LogP contribution is 2.32. The molecule has 0 bridgehead atoms. The number of hydrogen-bond donors (Lipinski definition) is 1. The van der Waals surface area contributed by atoms with Gasteiger partial charge in [-0.1, -0.05) is 17.7 Å². The molecule has 1 atom stereocenters. The van der Waals surface area contributed by atoms with E-state index in [1.54, 1.807) is 25.1 Å². The molecule has 1 aliphatic heterocycles. The second-order valence-electron chi connectivity index (χ2n) is 6.56. The number of carbonyl (C=O) groups is 1. The van der Waals surface area contributed by atoms with E-state index in [9.17, 15) is 17.6 Å². The summed E-state index contributed by atoms with van der Waals surface area (Å²) in [4.78, 5) is 12.5. The number of amides is 1. The number of ether oxygens (including phenoxy) is 2. The zero-order valence-corrected chi connectivity index (χ0v) is 17.4. The van der Waals surface area contributed by atoms with Crippen molar-refractivity contribution in [3.8, 4) is 11.5 Å². The predicted molar refractivity (Wildman–Crippen MR) is 108 cm³/mol. The Hall–Kier alpha value is -2.52. The van der Waals surface area contributed by atoms with Crippen molar-refractivity contribution in [1.82, 2.24) is 5.32 Å². The van der Waals surface area contributed by atoms with Crippen LogP contribution in [0.1, 0.15) is 18.5 Å². The van der Waals surface area contributed by atoms with Crippen LogP contribution < -0.4 is 19.1 Å². The van der Waals surface area contributed by atoms with E-state index >= 15 is 0 Å². The number of nitrogens with one attached hydrogen (secondary N) is 1. The summed E-state index contributed by atoms with van der Waals surface area (Å²) < 4.78 is 49.6. The molecule has 0 radical (unpaired) electrons.